The third kappa shape index (κ3) is 4.86. The molecule has 0 radical (unpaired) electrons. The summed E-state index contributed by atoms with van der Waals surface area (Å²) in [6, 6.07) is 16.9. The molecule has 0 amide bonds. The monoisotopic (exact) mass is 387 g/mol. The molecule has 0 fully saturated rings. The van der Waals surface area contributed by atoms with Crippen molar-refractivity contribution in [3.63, 3.8) is 0 Å². The minimum absolute atomic E-state index is 0.103. The summed E-state index contributed by atoms with van der Waals surface area (Å²) in [5, 5.41) is 15.1. The minimum atomic E-state index is -0.757. The summed E-state index contributed by atoms with van der Waals surface area (Å²) in [4.78, 5) is 14.1. The van der Waals surface area contributed by atoms with Gasteiger partial charge in [-0.05, 0) is 18.2 Å². The Morgan fingerprint density at radius 3 is 2.59 bits per heavy atom. The molecule has 1 atom stereocenters. The van der Waals surface area contributed by atoms with Gasteiger partial charge in [-0.3, -0.25) is 14.0 Å². The fourth-order valence-corrected chi connectivity index (χ4v) is 3.16. The van der Waals surface area contributed by atoms with Gasteiger partial charge in [-0.15, -0.1) is 0 Å². The second-order valence-corrected chi connectivity index (χ2v) is 6.73. The lowest BCUT2D eigenvalue weighted by Gasteiger charge is -2.24. The maximum atomic E-state index is 12.0. The molecule has 0 aliphatic rings. The Hall–Kier alpha value is -2.41. The molecule has 1 heterocycles. The molecule has 0 aliphatic carbocycles. The van der Waals surface area contributed by atoms with E-state index in [-0.39, 0.29) is 6.54 Å². The quantitative estimate of drug-likeness (QED) is 0.643. The Labute approximate surface area is 162 Å². The molecular formula is C20H22ClN3O3. The topological polar surface area (TPSA) is 71.5 Å². The van der Waals surface area contributed by atoms with Crippen LogP contribution in [0.2, 0.25) is 5.02 Å². The number of hydrogen-bond acceptors (Lipinski definition) is 5. The van der Waals surface area contributed by atoms with E-state index in [9.17, 15) is 9.90 Å². The number of halogens is 1. The van der Waals surface area contributed by atoms with Crippen LogP contribution in [0.1, 0.15) is 12.5 Å². The van der Waals surface area contributed by atoms with E-state index < -0.39 is 11.9 Å². The van der Waals surface area contributed by atoms with Crippen LogP contribution in [0.15, 0.2) is 63.9 Å². The molecule has 1 unspecified atom stereocenters. The second kappa shape index (κ2) is 8.99. The van der Waals surface area contributed by atoms with Crippen molar-refractivity contribution >= 4 is 11.6 Å². The smallest absolute Gasteiger partial charge is 0.390 e. The van der Waals surface area contributed by atoms with Crippen molar-refractivity contribution < 1.29 is 9.63 Å². The first-order chi connectivity index (χ1) is 13.1. The van der Waals surface area contributed by atoms with Gasteiger partial charge in [0, 0.05) is 23.7 Å². The van der Waals surface area contributed by atoms with Gasteiger partial charge in [0.15, 0.2) is 5.82 Å². The van der Waals surface area contributed by atoms with Crippen LogP contribution in [0.25, 0.3) is 11.4 Å². The molecule has 142 valence electrons. The van der Waals surface area contributed by atoms with Crippen LogP contribution < -0.4 is 5.76 Å². The summed E-state index contributed by atoms with van der Waals surface area (Å²) in [7, 11) is 0. The molecule has 1 N–H and O–H groups in total. The lowest BCUT2D eigenvalue weighted by molar-refractivity contribution is 0.0957. The maximum Gasteiger partial charge on any atom is 0.441 e. The predicted molar refractivity (Wildman–Crippen MR) is 105 cm³/mol. The average molecular weight is 388 g/mol. The molecule has 0 saturated heterocycles. The molecule has 2 aromatic carbocycles. The van der Waals surface area contributed by atoms with E-state index in [1.54, 1.807) is 0 Å². The lowest BCUT2D eigenvalue weighted by atomic mass is 10.2. The molecule has 0 spiro atoms. The summed E-state index contributed by atoms with van der Waals surface area (Å²) in [6.07, 6.45) is -0.757. The molecular weight excluding hydrogens is 366 g/mol. The minimum Gasteiger partial charge on any atom is -0.390 e. The van der Waals surface area contributed by atoms with Gasteiger partial charge in [0.05, 0.1) is 12.6 Å². The SMILES string of the molecule is CCN(Cc1ccccc1Cl)CC(O)Cn1c(-c2ccccc2)noc1=O. The van der Waals surface area contributed by atoms with Crippen molar-refractivity contribution in [1.82, 2.24) is 14.6 Å². The van der Waals surface area contributed by atoms with Crippen molar-refractivity contribution in [2.45, 2.75) is 26.1 Å². The second-order valence-electron chi connectivity index (χ2n) is 6.32. The molecule has 7 heteroatoms. The van der Waals surface area contributed by atoms with Crippen molar-refractivity contribution in [2.24, 2.45) is 0 Å². The van der Waals surface area contributed by atoms with Crippen molar-refractivity contribution in [3.8, 4) is 11.4 Å². The van der Waals surface area contributed by atoms with Crippen LogP contribution in [0.5, 0.6) is 0 Å². The molecule has 1 aromatic heterocycles. The predicted octanol–water partition coefficient (Wildman–Crippen LogP) is 3.04. The van der Waals surface area contributed by atoms with E-state index in [4.69, 9.17) is 16.1 Å². The highest BCUT2D eigenvalue weighted by Gasteiger charge is 2.18. The number of rotatable bonds is 8. The zero-order valence-corrected chi connectivity index (χ0v) is 15.8. The van der Waals surface area contributed by atoms with E-state index in [0.717, 1.165) is 17.7 Å². The standard InChI is InChI=1S/C20H22ClN3O3/c1-2-23(12-16-10-6-7-11-18(16)21)13-17(25)14-24-19(22-27-20(24)26)15-8-4-3-5-9-15/h3-11,17,25H,2,12-14H2,1H3. The fraction of sp³-hybridized carbons (Fsp3) is 0.300. The summed E-state index contributed by atoms with van der Waals surface area (Å²) in [6.45, 7) is 3.88. The number of likely N-dealkylation sites (N-methyl/N-ethyl adjacent to an activating group) is 1. The lowest BCUT2D eigenvalue weighted by Crippen LogP contribution is -2.36. The summed E-state index contributed by atoms with van der Waals surface area (Å²) >= 11 is 6.23. The van der Waals surface area contributed by atoms with Crippen LogP contribution in [0.4, 0.5) is 0 Å². The zero-order chi connectivity index (χ0) is 19.2. The Morgan fingerprint density at radius 1 is 1.19 bits per heavy atom. The van der Waals surface area contributed by atoms with Crippen molar-refractivity contribution in [2.75, 3.05) is 13.1 Å². The average Bonchev–Trinajstić information content (AvgIpc) is 3.04. The largest absolute Gasteiger partial charge is 0.441 e. The highest BCUT2D eigenvalue weighted by molar-refractivity contribution is 6.31. The maximum absolute atomic E-state index is 12.0. The number of benzene rings is 2. The van der Waals surface area contributed by atoms with Gasteiger partial charge >= 0.3 is 5.76 Å². The Bertz CT molecular complexity index is 923. The van der Waals surface area contributed by atoms with E-state index >= 15 is 0 Å². The van der Waals surface area contributed by atoms with Crippen LogP contribution in [-0.2, 0) is 13.1 Å². The molecule has 0 saturated carbocycles. The number of aliphatic hydroxyl groups excluding tert-OH is 1. The summed E-state index contributed by atoms with van der Waals surface area (Å²) in [5.74, 6) is -0.171. The first kappa shape index (κ1) is 19.4. The third-order valence-corrected chi connectivity index (χ3v) is 4.75. The Kier molecular flexibility index (Phi) is 6.45. The highest BCUT2D eigenvalue weighted by Crippen LogP contribution is 2.18. The molecule has 0 bridgehead atoms. The van der Waals surface area contributed by atoms with Gasteiger partial charge in [-0.2, -0.15) is 0 Å². The summed E-state index contributed by atoms with van der Waals surface area (Å²) in [5.41, 5.74) is 1.76. The third-order valence-electron chi connectivity index (χ3n) is 4.38. The Morgan fingerprint density at radius 2 is 1.89 bits per heavy atom. The number of hydrogen-bond donors (Lipinski definition) is 1. The van der Waals surface area contributed by atoms with Gasteiger partial charge in [0.25, 0.3) is 0 Å². The van der Waals surface area contributed by atoms with Gasteiger partial charge in [-0.1, -0.05) is 72.2 Å². The van der Waals surface area contributed by atoms with Crippen molar-refractivity contribution in [3.05, 3.63) is 75.7 Å². The summed E-state index contributed by atoms with van der Waals surface area (Å²) < 4.78 is 6.17. The van der Waals surface area contributed by atoms with E-state index in [1.807, 2.05) is 61.5 Å². The highest BCUT2D eigenvalue weighted by atomic mass is 35.5. The molecule has 27 heavy (non-hydrogen) atoms. The molecule has 0 aliphatic heterocycles. The van der Waals surface area contributed by atoms with Gasteiger partial charge < -0.3 is 5.11 Å². The number of aliphatic hydroxyl groups is 1. The van der Waals surface area contributed by atoms with Gasteiger partial charge in [-0.25, -0.2) is 4.79 Å². The normalized spacial score (nSPS) is 12.4. The van der Waals surface area contributed by atoms with Gasteiger partial charge in [0.1, 0.15) is 0 Å². The molecule has 3 aromatic rings. The molecule has 3 rings (SSSR count). The van der Waals surface area contributed by atoms with E-state index in [2.05, 4.69) is 10.1 Å². The van der Waals surface area contributed by atoms with Crippen LogP contribution in [-0.4, -0.2) is 38.9 Å². The van der Waals surface area contributed by atoms with Crippen molar-refractivity contribution in [1.29, 1.82) is 0 Å². The van der Waals surface area contributed by atoms with Crippen LogP contribution in [0, 0.1) is 0 Å². The van der Waals surface area contributed by atoms with Crippen LogP contribution in [0.3, 0.4) is 0 Å². The number of aromatic nitrogens is 2. The number of nitrogens with zero attached hydrogens (tertiary/aromatic N) is 3. The van der Waals surface area contributed by atoms with Gasteiger partial charge in [0.2, 0.25) is 0 Å². The fourth-order valence-electron chi connectivity index (χ4n) is 2.96. The van der Waals surface area contributed by atoms with Crippen LogP contribution >= 0.6 is 11.6 Å². The first-order valence-electron chi connectivity index (χ1n) is 8.84. The zero-order valence-electron chi connectivity index (χ0n) is 15.1. The van der Waals surface area contributed by atoms with E-state index in [0.29, 0.717) is 23.9 Å². The van der Waals surface area contributed by atoms with E-state index in [1.165, 1.54) is 4.57 Å². The molecule has 6 nitrogen and oxygen atoms in total. The first-order valence-corrected chi connectivity index (χ1v) is 9.22. The Balaban J connectivity index is 1.70.